The van der Waals surface area contributed by atoms with E-state index in [9.17, 15) is 9.59 Å². The first-order valence-corrected chi connectivity index (χ1v) is 8.02. The maximum Gasteiger partial charge on any atom is 0.336 e. The molecule has 5 nitrogen and oxygen atoms in total. The number of hydrogen-bond donors (Lipinski definition) is 0. The molecular weight excluding hydrogens is 316 g/mol. The second kappa shape index (κ2) is 5.70. The minimum atomic E-state index is -0.387. The molecule has 0 unspecified atom stereocenters. The quantitative estimate of drug-likeness (QED) is 0.529. The smallest absolute Gasteiger partial charge is 0.336 e. The summed E-state index contributed by atoms with van der Waals surface area (Å²) < 4.78 is 7.16. The average molecular weight is 332 g/mol. The zero-order valence-corrected chi connectivity index (χ0v) is 13.9. The SMILES string of the molecule is Cc1ccc2c(Cn3ncc(=O)c4ccccc43)cc(=O)oc2c1C. The average Bonchev–Trinajstić information content (AvgIpc) is 2.61. The van der Waals surface area contributed by atoms with Crippen LogP contribution in [0.15, 0.2) is 62.7 Å². The fourth-order valence-electron chi connectivity index (χ4n) is 3.10. The van der Waals surface area contributed by atoms with Crippen LogP contribution in [0.25, 0.3) is 21.9 Å². The van der Waals surface area contributed by atoms with E-state index in [1.54, 1.807) is 10.7 Å². The predicted octanol–water partition coefficient (Wildman–Crippen LogP) is 3.17. The van der Waals surface area contributed by atoms with Gasteiger partial charge in [-0.1, -0.05) is 24.3 Å². The van der Waals surface area contributed by atoms with Crippen molar-refractivity contribution in [3.8, 4) is 0 Å². The Bertz CT molecular complexity index is 1240. The summed E-state index contributed by atoms with van der Waals surface area (Å²) in [6.07, 6.45) is 1.31. The van der Waals surface area contributed by atoms with Gasteiger partial charge in [0.15, 0.2) is 0 Å². The Morgan fingerprint density at radius 1 is 1.04 bits per heavy atom. The molecule has 25 heavy (non-hydrogen) atoms. The van der Waals surface area contributed by atoms with Gasteiger partial charge in [-0.05, 0) is 42.7 Å². The molecule has 2 heterocycles. The van der Waals surface area contributed by atoms with Crippen LogP contribution in [-0.4, -0.2) is 9.78 Å². The number of aromatic nitrogens is 2. The van der Waals surface area contributed by atoms with Crippen LogP contribution in [0.2, 0.25) is 0 Å². The van der Waals surface area contributed by atoms with Crippen LogP contribution >= 0.6 is 0 Å². The summed E-state index contributed by atoms with van der Waals surface area (Å²) in [7, 11) is 0. The van der Waals surface area contributed by atoms with Gasteiger partial charge in [0.2, 0.25) is 5.43 Å². The van der Waals surface area contributed by atoms with Gasteiger partial charge in [-0.25, -0.2) is 4.79 Å². The lowest BCUT2D eigenvalue weighted by molar-refractivity contribution is 0.554. The maximum atomic E-state index is 12.0. The molecule has 124 valence electrons. The lowest BCUT2D eigenvalue weighted by Gasteiger charge is -2.12. The molecule has 0 aliphatic carbocycles. The number of aryl methyl sites for hydroxylation is 2. The van der Waals surface area contributed by atoms with E-state index in [0.717, 1.165) is 27.6 Å². The van der Waals surface area contributed by atoms with Crippen LogP contribution in [0, 0.1) is 13.8 Å². The van der Waals surface area contributed by atoms with Gasteiger partial charge >= 0.3 is 5.63 Å². The van der Waals surface area contributed by atoms with Crippen LogP contribution in [0.3, 0.4) is 0 Å². The van der Waals surface area contributed by atoms with Crippen molar-refractivity contribution in [2.45, 2.75) is 20.4 Å². The molecule has 0 aliphatic rings. The molecular formula is C20H16N2O3. The van der Waals surface area contributed by atoms with Crippen molar-refractivity contribution in [3.63, 3.8) is 0 Å². The van der Waals surface area contributed by atoms with Crippen LogP contribution in [-0.2, 0) is 6.54 Å². The molecule has 0 amide bonds. The van der Waals surface area contributed by atoms with Crippen molar-refractivity contribution in [3.05, 3.63) is 86.0 Å². The first-order chi connectivity index (χ1) is 12.0. The summed E-state index contributed by atoms with van der Waals surface area (Å²) in [5.74, 6) is 0. The summed E-state index contributed by atoms with van der Waals surface area (Å²) in [6, 6.07) is 12.8. The molecule has 5 heteroatoms. The van der Waals surface area contributed by atoms with Crippen molar-refractivity contribution >= 4 is 21.9 Å². The van der Waals surface area contributed by atoms with E-state index in [2.05, 4.69) is 5.10 Å². The molecule has 0 saturated carbocycles. The van der Waals surface area contributed by atoms with E-state index in [-0.39, 0.29) is 11.1 Å². The van der Waals surface area contributed by atoms with Gasteiger partial charge in [-0.2, -0.15) is 5.10 Å². The van der Waals surface area contributed by atoms with Gasteiger partial charge in [0.05, 0.1) is 18.3 Å². The Kier molecular flexibility index (Phi) is 3.50. The highest BCUT2D eigenvalue weighted by molar-refractivity contribution is 5.84. The fraction of sp³-hybridized carbons (Fsp3) is 0.150. The van der Waals surface area contributed by atoms with E-state index in [0.29, 0.717) is 17.5 Å². The number of para-hydroxylation sites is 1. The Hall–Kier alpha value is -3.21. The van der Waals surface area contributed by atoms with Crippen molar-refractivity contribution in [2.24, 2.45) is 0 Å². The normalized spacial score (nSPS) is 11.3. The van der Waals surface area contributed by atoms with E-state index in [4.69, 9.17) is 4.42 Å². The lowest BCUT2D eigenvalue weighted by atomic mass is 10.0. The molecule has 2 aromatic heterocycles. The third kappa shape index (κ3) is 2.54. The summed E-state index contributed by atoms with van der Waals surface area (Å²) in [6.45, 7) is 4.31. The van der Waals surface area contributed by atoms with Crippen molar-refractivity contribution in [1.82, 2.24) is 9.78 Å². The first-order valence-electron chi connectivity index (χ1n) is 8.02. The predicted molar refractivity (Wildman–Crippen MR) is 97.1 cm³/mol. The van der Waals surface area contributed by atoms with E-state index >= 15 is 0 Å². The molecule has 0 saturated heterocycles. The van der Waals surface area contributed by atoms with Crippen molar-refractivity contribution in [2.75, 3.05) is 0 Å². The Morgan fingerprint density at radius 3 is 2.68 bits per heavy atom. The molecule has 0 spiro atoms. The molecule has 0 radical (unpaired) electrons. The van der Waals surface area contributed by atoms with E-state index in [1.807, 2.05) is 44.2 Å². The van der Waals surface area contributed by atoms with Gasteiger partial charge in [0.1, 0.15) is 5.58 Å². The molecule has 0 N–H and O–H groups in total. The molecule has 4 aromatic rings. The number of benzene rings is 2. The maximum absolute atomic E-state index is 12.0. The van der Waals surface area contributed by atoms with Crippen molar-refractivity contribution in [1.29, 1.82) is 0 Å². The monoisotopic (exact) mass is 332 g/mol. The molecule has 2 aromatic carbocycles. The highest BCUT2D eigenvalue weighted by Gasteiger charge is 2.11. The van der Waals surface area contributed by atoms with Crippen LogP contribution in [0.5, 0.6) is 0 Å². The van der Waals surface area contributed by atoms with Gasteiger partial charge in [-0.3, -0.25) is 9.48 Å². The zero-order valence-electron chi connectivity index (χ0n) is 13.9. The first kappa shape index (κ1) is 15.3. The van der Waals surface area contributed by atoms with Crippen LogP contribution in [0.4, 0.5) is 0 Å². The highest BCUT2D eigenvalue weighted by atomic mass is 16.4. The Labute approximate surface area is 143 Å². The highest BCUT2D eigenvalue weighted by Crippen LogP contribution is 2.24. The van der Waals surface area contributed by atoms with E-state index < -0.39 is 0 Å². The summed E-state index contributed by atoms with van der Waals surface area (Å²) in [4.78, 5) is 24.0. The molecule has 4 rings (SSSR count). The number of hydrogen-bond acceptors (Lipinski definition) is 4. The Balaban J connectivity index is 1.96. The summed E-state index contributed by atoms with van der Waals surface area (Å²) >= 11 is 0. The van der Waals surface area contributed by atoms with E-state index in [1.165, 1.54) is 12.3 Å². The minimum absolute atomic E-state index is 0.115. The second-order valence-corrected chi connectivity index (χ2v) is 6.16. The standard InChI is InChI=1S/C20H16N2O3/c1-12-7-8-15-14(9-19(24)25-20(15)13(12)2)11-22-17-6-4-3-5-16(17)18(23)10-21-22/h3-10H,11H2,1-2H3. The zero-order chi connectivity index (χ0) is 17.6. The van der Waals surface area contributed by atoms with Gasteiger partial charge in [0.25, 0.3) is 0 Å². The summed E-state index contributed by atoms with van der Waals surface area (Å²) in [5.41, 5.74) is 3.68. The van der Waals surface area contributed by atoms with Gasteiger partial charge < -0.3 is 4.42 Å². The third-order valence-corrected chi connectivity index (χ3v) is 4.60. The minimum Gasteiger partial charge on any atom is -0.422 e. The number of rotatable bonds is 2. The van der Waals surface area contributed by atoms with Gasteiger partial charge in [-0.15, -0.1) is 0 Å². The second-order valence-electron chi connectivity index (χ2n) is 6.16. The molecule has 0 fully saturated rings. The fourth-order valence-corrected chi connectivity index (χ4v) is 3.10. The topological polar surface area (TPSA) is 65.1 Å². The lowest BCUT2D eigenvalue weighted by Crippen LogP contribution is -2.14. The summed E-state index contributed by atoms with van der Waals surface area (Å²) in [5, 5.41) is 5.74. The Morgan fingerprint density at radius 2 is 1.84 bits per heavy atom. The molecule has 0 bridgehead atoms. The van der Waals surface area contributed by atoms with Crippen LogP contribution < -0.4 is 11.1 Å². The molecule has 0 aliphatic heterocycles. The third-order valence-electron chi connectivity index (χ3n) is 4.60. The number of nitrogens with zero attached hydrogens (tertiary/aromatic N) is 2. The van der Waals surface area contributed by atoms with Crippen molar-refractivity contribution < 1.29 is 4.42 Å². The van der Waals surface area contributed by atoms with Gasteiger partial charge in [0, 0.05) is 16.8 Å². The molecule has 0 atom stereocenters. The number of fused-ring (bicyclic) bond motifs is 2. The largest absolute Gasteiger partial charge is 0.422 e. The van der Waals surface area contributed by atoms with Crippen LogP contribution in [0.1, 0.15) is 16.7 Å².